The third-order valence-electron chi connectivity index (χ3n) is 4.63. The average Bonchev–Trinajstić information content (AvgIpc) is 3.43. The molecule has 2 aliphatic rings. The minimum absolute atomic E-state index is 0.270. The fourth-order valence-corrected chi connectivity index (χ4v) is 3.34. The largest absolute Gasteiger partial charge is 0.454 e. The number of aromatic nitrogens is 2. The highest BCUT2D eigenvalue weighted by atomic mass is 16.7. The minimum atomic E-state index is 0.270. The van der Waals surface area contributed by atoms with Gasteiger partial charge >= 0.3 is 0 Å². The lowest BCUT2D eigenvalue weighted by atomic mass is 10.1. The SMILES string of the molecule is c1ccc(-n2cc(CN3CCCO3)c(-c3ccc4c(c3)OCO4)n2)cc1. The van der Waals surface area contributed by atoms with Crippen molar-refractivity contribution >= 4 is 0 Å². The monoisotopic (exact) mass is 349 g/mol. The van der Waals surface area contributed by atoms with Crippen molar-refractivity contribution in [1.82, 2.24) is 14.8 Å². The maximum atomic E-state index is 5.69. The summed E-state index contributed by atoms with van der Waals surface area (Å²) in [5.41, 5.74) is 4.10. The van der Waals surface area contributed by atoms with E-state index in [0.717, 1.165) is 53.6 Å². The maximum absolute atomic E-state index is 5.69. The van der Waals surface area contributed by atoms with Gasteiger partial charge in [-0.1, -0.05) is 18.2 Å². The zero-order chi connectivity index (χ0) is 17.3. The number of benzene rings is 2. The first kappa shape index (κ1) is 15.4. The van der Waals surface area contributed by atoms with Gasteiger partial charge < -0.3 is 9.47 Å². The Balaban J connectivity index is 1.56. The molecule has 0 aliphatic carbocycles. The summed E-state index contributed by atoms with van der Waals surface area (Å²) in [4.78, 5) is 5.69. The number of para-hydroxylation sites is 1. The van der Waals surface area contributed by atoms with Gasteiger partial charge in [-0.3, -0.25) is 4.84 Å². The first-order valence-electron chi connectivity index (χ1n) is 8.79. The van der Waals surface area contributed by atoms with Crippen LogP contribution in [0.4, 0.5) is 0 Å². The highest BCUT2D eigenvalue weighted by molar-refractivity contribution is 5.67. The van der Waals surface area contributed by atoms with Crippen molar-refractivity contribution in [2.75, 3.05) is 19.9 Å². The first-order valence-corrected chi connectivity index (χ1v) is 8.79. The molecule has 0 saturated carbocycles. The number of ether oxygens (including phenoxy) is 2. The molecular formula is C20H19N3O3. The highest BCUT2D eigenvalue weighted by Gasteiger charge is 2.21. The molecule has 6 nitrogen and oxygen atoms in total. The minimum Gasteiger partial charge on any atom is -0.454 e. The molecule has 0 spiro atoms. The fraction of sp³-hybridized carbons (Fsp3) is 0.250. The summed E-state index contributed by atoms with van der Waals surface area (Å²) in [5, 5.41) is 6.86. The number of nitrogens with zero attached hydrogens (tertiary/aromatic N) is 3. The van der Waals surface area contributed by atoms with E-state index in [1.54, 1.807) is 0 Å². The Hall–Kier alpha value is -2.83. The van der Waals surface area contributed by atoms with Gasteiger partial charge in [0, 0.05) is 23.9 Å². The summed E-state index contributed by atoms with van der Waals surface area (Å²) >= 11 is 0. The molecule has 0 bridgehead atoms. The van der Waals surface area contributed by atoms with Crippen molar-refractivity contribution in [1.29, 1.82) is 0 Å². The van der Waals surface area contributed by atoms with E-state index >= 15 is 0 Å². The molecule has 0 unspecified atom stereocenters. The molecule has 2 aliphatic heterocycles. The van der Waals surface area contributed by atoms with Gasteiger partial charge in [-0.05, 0) is 36.8 Å². The fourth-order valence-electron chi connectivity index (χ4n) is 3.34. The van der Waals surface area contributed by atoms with Crippen LogP contribution in [0.5, 0.6) is 11.5 Å². The Morgan fingerprint density at radius 2 is 1.88 bits per heavy atom. The summed E-state index contributed by atoms with van der Waals surface area (Å²) in [6, 6.07) is 16.1. The Morgan fingerprint density at radius 3 is 2.73 bits per heavy atom. The molecule has 26 heavy (non-hydrogen) atoms. The predicted octanol–water partition coefficient (Wildman–Crippen LogP) is 3.41. The second kappa shape index (κ2) is 6.48. The van der Waals surface area contributed by atoms with Crippen molar-refractivity contribution in [3.8, 4) is 28.4 Å². The van der Waals surface area contributed by atoms with Crippen LogP contribution >= 0.6 is 0 Å². The molecular weight excluding hydrogens is 330 g/mol. The van der Waals surface area contributed by atoms with E-state index in [1.165, 1.54) is 0 Å². The second-order valence-electron chi connectivity index (χ2n) is 6.40. The summed E-state index contributed by atoms with van der Waals surface area (Å²) in [5.74, 6) is 1.54. The van der Waals surface area contributed by atoms with E-state index in [0.29, 0.717) is 6.54 Å². The summed E-state index contributed by atoms with van der Waals surface area (Å²) < 4.78 is 12.9. The zero-order valence-corrected chi connectivity index (χ0v) is 14.3. The van der Waals surface area contributed by atoms with Gasteiger partial charge in [0.05, 0.1) is 24.5 Å². The summed E-state index contributed by atoms with van der Waals surface area (Å²) in [6.45, 7) is 2.70. The van der Waals surface area contributed by atoms with E-state index in [9.17, 15) is 0 Å². The van der Waals surface area contributed by atoms with Crippen molar-refractivity contribution in [3.05, 3.63) is 60.3 Å². The molecule has 0 radical (unpaired) electrons. The third-order valence-corrected chi connectivity index (χ3v) is 4.63. The number of hydrogen-bond acceptors (Lipinski definition) is 5. The number of hydroxylamine groups is 2. The molecule has 1 fully saturated rings. The summed E-state index contributed by atoms with van der Waals surface area (Å²) in [6.07, 6.45) is 3.14. The van der Waals surface area contributed by atoms with Crippen LogP contribution in [0, 0.1) is 0 Å². The molecule has 0 amide bonds. The molecule has 132 valence electrons. The maximum Gasteiger partial charge on any atom is 0.231 e. The van der Waals surface area contributed by atoms with Crippen LogP contribution in [-0.2, 0) is 11.4 Å². The first-order chi connectivity index (χ1) is 12.9. The van der Waals surface area contributed by atoms with Gasteiger partial charge in [-0.15, -0.1) is 0 Å². The van der Waals surface area contributed by atoms with Gasteiger partial charge in [0.1, 0.15) is 0 Å². The number of fused-ring (bicyclic) bond motifs is 1. The lowest BCUT2D eigenvalue weighted by Crippen LogP contribution is -2.17. The standard InChI is InChI=1S/C20H19N3O3/c1-2-5-17(6-3-1)23-13-16(12-22-9-4-10-26-22)20(21-23)15-7-8-18-19(11-15)25-14-24-18/h1-3,5-8,11,13H,4,9-10,12,14H2. The molecule has 3 aromatic rings. The van der Waals surface area contributed by atoms with Crippen LogP contribution in [0.2, 0.25) is 0 Å². The Labute approximate surface area is 151 Å². The second-order valence-corrected chi connectivity index (χ2v) is 6.40. The van der Waals surface area contributed by atoms with Crippen LogP contribution < -0.4 is 9.47 Å². The molecule has 0 atom stereocenters. The normalized spacial score (nSPS) is 16.3. The lowest BCUT2D eigenvalue weighted by molar-refractivity contribution is -0.117. The van der Waals surface area contributed by atoms with Crippen molar-refractivity contribution in [2.24, 2.45) is 0 Å². The Kier molecular flexibility index (Phi) is 3.84. The van der Waals surface area contributed by atoms with E-state index in [1.807, 2.05) is 58.3 Å². The molecule has 3 heterocycles. The average molecular weight is 349 g/mol. The van der Waals surface area contributed by atoms with Crippen LogP contribution in [0.25, 0.3) is 16.9 Å². The van der Waals surface area contributed by atoms with Crippen LogP contribution in [-0.4, -0.2) is 34.8 Å². The van der Waals surface area contributed by atoms with E-state index in [-0.39, 0.29) is 6.79 Å². The predicted molar refractivity (Wildman–Crippen MR) is 96.1 cm³/mol. The molecule has 0 N–H and O–H groups in total. The molecule has 5 rings (SSSR count). The Bertz CT molecular complexity index is 917. The van der Waals surface area contributed by atoms with Gasteiger partial charge in [0.2, 0.25) is 6.79 Å². The van der Waals surface area contributed by atoms with Crippen LogP contribution in [0.15, 0.2) is 54.7 Å². The molecule has 6 heteroatoms. The van der Waals surface area contributed by atoms with Gasteiger partial charge in [-0.2, -0.15) is 10.2 Å². The van der Waals surface area contributed by atoms with Gasteiger partial charge in [-0.25, -0.2) is 4.68 Å². The highest BCUT2D eigenvalue weighted by Crippen LogP contribution is 2.37. The molecule has 2 aromatic carbocycles. The molecule has 1 saturated heterocycles. The van der Waals surface area contributed by atoms with Crippen LogP contribution in [0.1, 0.15) is 12.0 Å². The molecule has 1 aromatic heterocycles. The van der Waals surface area contributed by atoms with Crippen molar-refractivity contribution in [2.45, 2.75) is 13.0 Å². The smallest absolute Gasteiger partial charge is 0.231 e. The van der Waals surface area contributed by atoms with Gasteiger partial charge in [0.15, 0.2) is 11.5 Å². The van der Waals surface area contributed by atoms with Gasteiger partial charge in [0.25, 0.3) is 0 Å². The zero-order valence-electron chi connectivity index (χ0n) is 14.3. The number of rotatable bonds is 4. The Morgan fingerprint density at radius 1 is 1.00 bits per heavy atom. The lowest BCUT2D eigenvalue weighted by Gasteiger charge is -2.13. The quantitative estimate of drug-likeness (QED) is 0.722. The summed E-state index contributed by atoms with van der Waals surface area (Å²) in [7, 11) is 0. The third kappa shape index (κ3) is 2.83. The number of hydrogen-bond donors (Lipinski definition) is 0. The van der Waals surface area contributed by atoms with E-state index in [4.69, 9.17) is 19.4 Å². The van der Waals surface area contributed by atoms with E-state index in [2.05, 4.69) is 6.20 Å². The van der Waals surface area contributed by atoms with E-state index < -0.39 is 0 Å². The van der Waals surface area contributed by atoms with Crippen molar-refractivity contribution in [3.63, 3.8) is 0 Å². The topological polar surface area (TPSA) is 48.8 Å². The van der Waals surface area contributed by atoms with Crippen molar-refractivity contribution < 1.29 is 14.3 Å². The van der Waals surface area contributed by atoms with Crippen LogP contribution in [0.3, 0.4) is 0 Å².